The highest BCUT2D eigenvalue weighted by molar-refractivity contribution is 5.46. The van der Waals surface area contributed by atoms with Crippen LogP contribution < -0.4 is 5.32 Å². The average molecular weight is 243 g/mol. The van der Waals surface area contributed by atoms with E-state index in [1.807, 2.05) is 0 Å². The normalized spacial score (nSPS) is 17.8. The lowest BCUT2D eigenvalue weighted by Gasteiger charge is -2.18. The standard InChI is InChI=1S/C13H16F3N/c14-10-7-12(16)13(8-11(10)15)17-9-5-3-1-2-4-6-9/h7-9,17H,1-6H2. The summed E-state index contributed by atoms with van der Waals surface area (Å²) in [6.07, 6.45) is 6.50. The van der Waals surface area contributed by atoms with Gasteiger partial charge in [0.15, 0.2) is 11.6 Å². The van der Waals surface area contributed by atoms with E-state index in [0.29, 0.717) is 6.07 Å². The summed E-state index contributed by atoms with van der Waals surface area (Å²) in [6.45, 7) is 0. The number of nitrogens with one attached hydrogen (secondary N) is 1. The van der Waals surface area contributed by atoms with Gasteiger partial charge in [-0.3, -0.25) is 0 Å². The second kappa shape index (κ2) is 5.43. The predicted octanol–water partition coefficient (Wildman–Crippen LogP) is 4.24. The second-order valence-electron chi connectivity index (χ2n) is 4.58. The molecule has 1 nitrogen and oxygen atoms in total. The summed E-state index contributed by atoms with van der Waals surface area (Å²) >= 11 is 0. The van der Waals surface area contributed by atoms with Crippen LogP contribution in [0.5, 0.6) is 0 Å². The molecule has 0 aromatic heterocycles. The van der Waals surface area contributed by atoms with Crippen molar-refractivity contribution in [1.29, 1.82) is 0 Å². The van der Waals surface area contributed by atoms with Gasteiger partial charge < -0.3 is 5.32 Å². The lowest BCUT2D eigenvalue weighted by Crippen LogP contribution is -2.19. The monoisotopic (exact) mass is 243 g/mol. The number of rotatable bonds is 2. The summed E-state index contributed by atoms with van der Waals surface area (Å²) in [4.78, 5) is 0. The Morgan fingerprint density at radius 1 is 0.824 bits per heavy atom. The molecule has 1 N–H and O–H groups in total. The van der Waals surface area contributed by atoms with Gasteiger partial charge in [0.2, 0.25) is 0 Å². The summed E-state index contributed by atoms with van der Waals surface area (Å²) in [5.41, 5.74) is 0.0656. The molecule has 0 atom stereocenters. The van der Waals surface area contributed by atoms with Crippen molar-refractivity contribution >= 4 is 5.69 Å². The molecule has 1 saturated carbocycles. The molecule has 94 valence electrons. The van der Waals surface area contributed by atoms with Gasteiger partial charge in [-0.2, -0.15) is 0 Å². The van der Waals surface area contributed by atoms with E-state index in [4.69, 9.17) is 0 Å². The summed E-state index contributed by atoms with van der Waals surface area (Å²) in [5.74, 6) is -2.88. The zero-order valence-electron chi connectivity index (χ0n) is 9.61. The maximum Gasteiger partial charge on any atom is 0.161 e. The van der Waals surface area contributed by atoms with Crippen LogP contribution in [-0.4, -0.2) is 6.04 Å². The maximum atomic E-state index is 13.4. The molecule has 2 rings (SSSR count). The molecular formula is C13H16F3N. The van der Waals surface area contributed by atoms with Crippen molar-refractivity contribution in [2.75, 3.05) is 5.32 Å². The van der Waals surface area contributed by atoms with Crippen LogP contribution in [0, 0.1) is 17.5 Å². The number of hydrogen-bond donors (Lipinski definition) is 1. The Morgan fingerprint density at radius 2 is 1.41 bits per heavy atom. The first-order valence-electron chi connectivity index (χ1n) is 6.08. The number of halogens is 3. The van der Waals surface area contributed by atoms with Gasteiger partial charge in [0, 0.05) is 18.2 Å². The van der Waals surface area contributed by atoms with E-state index < -0.39 is 17.5 Å². The average Bonchev–Trinajstić information content (AvgIpc) is 2.54. The predicted molar refractivity (Wildman–Crippen MR) is 61.4 cm³/mol. The minimum Gasteiger partial charge on any atom is -0.380 e. The molecule has 0 unspecified atom stereocenters. The molecule has 0 saturated heterocycles. The molecule has 0 amide bonds. The SMILES string of the molecule is Fc1cc(F)c(NC2CCCCCC2)cc1F. The van der Waals surface area contributed by atoms with Gasteiger partial charge in [0.1, 0.15) is 5.82 Å². The summed E-state index contributed by atoms with van der Waals surface area (Å²) in [5, 5.41) is 2.98. The van der Waals surface area contributed by atoms with E-state index in [0.717, 1.165) is 31.7 Å². The highest BCUT2D eigenvalue weighted by atomic mass is 19.2. The fraction of sp³-hybridized carbons (Fsp3) is 0.538. The zero-order chi connectivity index (χ0) is 12.3. The summed E-state index contributed by atoms with van der Waals surface area (Å²) < 4.78 is 39.2. The molecular weight excluding hydrogens is 227 g/mol. The quantitative estimate of drug-likeness (QED) is 0.605. The van der Waals surface area contributed by atoms with Crippen molar-refractivity contribution in [1.82, 2.24) is 0 Å². The Labute approximate surface area is 99.0 Å². The topological polar surface area (TPSA) is 12.0 Å². The minimum absolute atomic E-state index is 0.0656. The molecule has 1 aromatic rings. The summed E-state index contributed by atoms with van der Waals surface area (Å²) in [6, 6.07) is 1.65. The van der Waals surface area contributed by atoms with Gasteiger partial charge in [0.25, 0.3) is 0 Å². The first-order valence-corrected chi connectivity index (χ1v) is 6.08. The van der Waals surface area contributed by atoms with Gasteiger partial charge in [-0.05, 0) is 12.8 Å². The van der Waals surface area contributed by atoms with Crippen LogP contribution in [0.2, 0.25) is 0 Å². The molecule has 1 fully saturated rings. The largest absolute Gasteiger partial charge is 0.380 e. The molecule has 17 heavy (non-hydrogen) atoms. The van der Waals surface area contributed by atoms with Gasteiger partial charge in [-0.1, -0.05) is 25.7 Å². The van der Waals surface area contributed by atoms with Crippen LogP contribution in [-0.2, 0) is 0 Å². The Bertz CT molecular complexity index is 384. The highest BCUT2D eigenvalue weighted by Crippen LogP contribution is 2.24. The van der Waals surface area contributed by atoms with Gasteiger partial charge in [-0.25, -0.2) is 13.2 Å². The van der Waals surface area contributed by atoms with Crippen LogP contribution in [0.1, 0.15) is 38.5 Å². The Hall–Kier alpha value is -1.19. The number of anilines is 1. The lowest BCUT2D eigenvalue weighted by molar-refractivity contribution is 0.494. The third-order valence-electron chi connectivity index (χ3n) is 3.22. The molecule has 1 aromatic carbocycles. The summed E-state index contributed by atoms with van der Waals surface area (Å²) in [7, 11) is 0. The first-order chi connectivity index (χ1) is 8.16. The van der Waals surface area contributed by atoms with Crippen LogP contribution in [0.15, 0.2) is 12.1 Å². The van der Waals surface area contributed by atoms with Crippen molar-refractivity contribution in [3.63, 3.8) is 0 Å². The third kappa shape index (κ3) is 3.14. The third-order valence-corrected chi connectivity index (χ3v) is 3.22. The van der Waals surface area contributed by atoms with E-state index in [9.17, 15) is 13.2 Å². The molecule has 0 aliphatic heterocycles. The second-order valence-corrected chi connectivity index (χ2v) is 4.58. The molecule has 4 heteroatoms. The van der Waals surface area contributed by atoms with Gasteiger partial charge in [-0.15, -0.1) is 0 Å². The van der Waals surface area contributed by atoms with Crippen molar-refractivity contribution in [2.45, 2.75) is 44.6 Å². The van der Waals surface area contributed by atoms with E-state index in [-0.39, 0.29) is 11.7 Å². The molecule has 0 radical (unpaired) electrons. The van der Waals surface area contributed by atoms with Crippen molar-refractivity contribution < 1.29 is 13.2 Å². The Morgan fingerprint density at radius 3 is 2.06 bits per heavy atom. The fourth-order valence-corrected chi connectivity index (χ4v) is 2.28. The molecule has 1 aliphatic rings. The van der Waals surface area contributed by atoms with E-state index >= 15 is 0 Å². The van der Waals surface area contributed by atoms with Crippen LogP contribution >= 0.6 is 0 Å². The number of benzene rings is 1. The van der Waals surface area contributed by atoms with Gasteiger partial charge in [0.05, 0.1) is 5.69 Å². The Kier molecular flexibility index (Phi) is 3.92. The van der Waals surface area contributed by atoms with E-state index in [2.05, 4.69) is 5.32 Å². The van der Waals surface area contributed by atoms with Crippen molar-refractivity contribution in [3.05, 3.63) is 29.6 Å². The van der Waals surface area contributed by atoms with E-state index in [1.54, 1.807) is 0 Å². The molecule has 0 bridgehead atoms. The fourth-order valence-electron chi connectivity index (χ4n) is 2.28. The highest BCUT2D eigenvalue weighted by Gasteiger charge is 2.15. The van der Waals surface area contributed by atoms with Crippen LogP contribution in [0.3, 0.4) is 0 Å². The van der Waals surface area contributed by atoms with Crippen molar-refractivity contribution in [2.24, 2.45) is 0 Å². The zero-order valence-corrected chi connectivity index (χ0v) is 9.61. The van der Waals surface area contributed by atoms with Crippen LogP contribution in [0.4, 0.5) is 18.9 Å². The first kappa shape index (κ1) is 12.3. The Balaban J connectivity index is 2.09. The molecule has 1 aliphatic carbocycles. The van der Waals surface area contributed by atoms with Crippen LogP contribution in [0.25, 0.3) is 0 Å². The smallest absolute Gasteiger partial charge is 0.161 e. The molecule has 0 spiro atoms. The lowest BCUT2D eigenvalue weighted by atomic mass is 10.1. The minimum atomic E-state index is -1.14. The van der Waals surface area contributed by atoms with Gasteiger partial charge >= 0.3 is 0 Å². The van der Waals surface area contributed by atoms with E-state index in [1.165, 1.54) is 12.8 Å². The number of hydrogen-bond acceptors (Lipinski definition) is 1. The molecule has 0 heterocycles. The van der Waals surface area contributed by atoms with Crippen molar-refractivity contribution in [3.8, 4) is 0 Å². The maximum absolute atomic E-state index is 13.4.